The molecule has 31 heavy (non-hydrogen) atoms. The van der Waals surface area contributed by atoms with Crippen molar-refractivity contribution in [1.29, 1.82) is 5.26 Å². The lowest BCUT2D eigenvalue weighted by Crippen LogP contribution is -2.29. The third-order valence-electron chi connectivity index (χ3n) is 5.95. The van der Waals surface area contributed by atoms with E-state index in [0.717, 1.165) is 60.6 Å². The molecule has 1 atom stereocenters. The van der Waals surface area contributed by atoms with E-state index in [2.05, 4.69) is 16.4 Å². The van der Waals surface area contributed by atoms with E-state index in [0.29, 0.717) is 5.92 Å². The summed E-state index contributed by atoms with van der Waals surface area (Å²) in [7, 11) is 0. The standard InChI is InChI=1S/C24H22FN5O/c25-19-10-15(14-26)9-18(11-19)24(31)28-20-3-1-2-8-30-23(20)13-22(29-30)17-6-7-27-21(12-17)16-4-5-16/h6-7,9-13,16,20H,1-5,8H2,(H,28,31)/t20-/m1/s1. The fourth-order valence-electron chi connectivity index (χ4n) is 4.17. The Morgan fingerprint density at radius 2 is 2.03 bits per heavy atom. The average molecular weight is 415 g/mol. The summed E-state index contributed by atoms with van der Waals surface area (Å²) in [4.78, 5) is 17.3. The van der Waals surface area contributed by atoms with E-state index < -0.39 is 11.7 Å². The number of nitriles is 1. The van der Waals surface area contributed by atoms with Crippen molar-refractivity contribution in [3.63, 3.8) is 0 Å². The summed E-state index contributed by atoms with van der Waals surface area (Å²) in [5.74, 6) is -0.421. The zero-order chi connectivity index (χ0) is 21.4. The molecule has 156 valence electrons. The normalized spacial score (nSPS) is 18.0. The SMILES string of the molecule is N#Cc1cc(F)cc(C(=O)N[C@@H]2CCCCn3nc(-c4ccnc(C5CC5)c4)cc32)c1. The first-order valence-corrected chi connectivity index (χ1v) is 10.7. The van der Waals surface area contributed by atoms with Gasteiger partial charge in [0.15, 0.2) is 0 Å². The molecule has 0 radical (unpaired) electrons. The van der Waals surface area contributed by atoms with Gasteiger partial charge in [0, 0.05) is 35.5 Å². The summed E-state index contributed by atoms with van der Waals surface area (Å²) < 4.78 is 15.8. The Kier molecular flexibility index (Phi) is 4.99. The van der Waals surface area contributed by atoms with E-state index in [9.17, 15) is 9.18 Å². The molecule has 0 saturated heterocycles. The van der Waals surface area contributed by atoms with Crippen LogP contribution in [0.1, 0.15) is 71.4 Å². The number of aromatic nitrogens is 3. The van der Waals surface area contributed by atoms with Crippen LogP contribution in [-0.2, 0) is 6.54 Å². The molecule has 1 N–H and O–H groups in total. The minimum absolute atomic E-state index is 0.127. The monoisotopic (exact) mass is 415 g/mol. The van der Waals surface area contributed by atoms with Crippen LogP contribution in [-0.4, -0.2) is 20.7 Å². The van der Waals surface area contributed by atoms with Crippen molar-refractivity contribution in [2.45, 2.75) is 50.6 Å². The van der Waals surface area contributed by atoms with Crippen molar-refractivity contribution in [3.8, 4) is 17.3 Å². The summed E-state index contributed by atoms with van der Waals surface area (Å²) in [6.07, 6.45) is 6.93. The topological polar surface area (TPSA) is 83.6 Å². The summed E-state index contributed by atoms with van der Waals surface area (Å²) in [5, 5.41) is 16.9. The van der Waals surface area contributed by atoms with Crippen molar-refractivity contribution in [2.75, 3.05) is 0 Å². The van der Waals surface area contributed by atoms with Crippen LogP contribution in [0, 0.1) is 17.1 Å². The second-order valence-corrected chi connectivity index (χ2v) is 8.28. The highest BCUT2D eigenvalue weighted by molar-refractivity contribution is 5.94. The molecule has 0 spiro atoms. The number of carbonyl (C=O) groups is 1. The maximum atomic E-state index is 13.8. The van der Waals surface area contributed by atoms with Crippen LogP contribution >= 0.6 is 0 Å². The molecule has 1 saturated carbocycles. The highest BCUT2D eigenvalue weighted by Crippen LogP contribution is 2.40. The van der Waals surface area contributed by atoms with Crippen LogP contribution in [0.2, 0.25) is 0 Å². The Labute approximate surface area is 179 Å². The molecular weight excluding hydrogens is 393 g/mol. The smallest absolute Gasteiger partial charge is 0.251 e. The van der Waals surface area contributed by atoms with Gasteiger partial charge in [0.2, 0.25) is 0 Å². The van der Waals surface area contributed by atoms with Crippen molar-refractivity contribution in [1.82, 2.24) is 20.1 Å². The predicted octanol–water partition coefficient (Wildman–Crippen LogP) is 4.49. The number of pyridine rings is 1. The first-order valence-electron chi connectivity index (χ1n) is 10.7. The lowest BCUT2D eigenvalue weighted by Gasteiger charge is -2.17. The Morgan fingerprint density at radius 1 is 1.16 bits per heavy atom. The third kappa shape index (κ3) is 4.06. The number of hydrogen-bond donors (Lipinski definition) is 1. The second kappa shape index (κ2) is 7.95. The van der Waals surface area contributed by atoms with Gasteiger partial charge in [-0.05, 0) is 68.5 Å². The van der Waals surface area contributed by atoms with Gasteiger partial charge >= 0.3 is 0 Å². The van der Waals surface area contributed by atoms with Gasteiger partial charge in [-0.3, -0.25) is 14.5 Å². The lowest BCUT2D eigenvalue weighted by molar-refractivity contribution is 0.0933. The Hall–Kier alpha value is -3.53. The van der Waals surface area contributed by atoms with Crippen molar-refractivity contribution in [3.05, 3.63) is 70.9 Å². The van der Waals surface area contributed by atoms with Crippen molar-refractivity contribution < 1.29 is 9.18 Å². The number of amides is 1. The van der Waals surface area contributed by atoms with E-state index >= 15 is 0 Å². The van der Waals surface area contributed by atoms with E-state index in [-0.39, 0.29) is 17.2 Å². The fraction of sp³-hybridized carbons (Fsp3) is 0.333. The molecule has 2 aliphatic rings. The molecule has 1 aliphatic carbocycles. The van der Waals surface area contributed by atoms with Gasteiger partial charge in [-0.1, -0.05) is 0 Å². The highest BCUT2D eigenvalue weighted by Gasteiger charge is 2.27. The zero-order valence-corrected chi connectivity index (χ0v) is 17.0. The molecule has 5 rings (SSSR count). The number of carbonyl (C=O) groups excluding carboxylic acids is 1. The molecule has 3 heterocycles. The van der Waals surface area contributed by atoms with Crippen LogP contribution in [0.3, 0.4) is 0 Å². The van der Waals surface area contributed by atoms with Gasteiger partial charge in [0.25, 0.3) is 5.91 Å². The summed E-state index contributed by atoms with van der Waals surface area (Å²) in [5.41, 5.74) is 4.24. The van der Waals surface area contributed by atoms with Crippen LogP contribution in [0.15, 0.2) is 42.6 Å². The summed E-state index contributed by atoms with van der Waals surface area (Å²) >= 11 is 0. The Morgan fingerprint density at radius 3 is 2.84 bits per heavy atom. The van der Waals surface area contributed by atoms with Crippen molar-refractivity contribution in [2.24, 2.45) is 0 Å². The molecule has 1 aromatic carbocycles. The van der Waals surface area contributed by atoms with Gasteiger partial charge in [0.1, 0.15) is 5.82 Å². The number of hydrogen-bond acceptors (Lipinski definition) is 4. The molecule has 0 unspecified atom stereocenters. The Bertz CT molecular complexity index is 1190. The number of halogens is 1. The number of nitrogens with one attached hydrogen (secondary N) is 1. The predicted molar refractivity (Wildman–Crippen MR) is 113 cm³/mol. The van der Waals surface area contributed by atoms with Gasteiger partial charge in [0.05, 0.1) is 29.1 Å². The van der Waals surface area contributed by atoms with E-state index in [1.54, 1.807) is 0 Å². The molecule has 1 aliphatic heterocycles. The molecule has 2 aromatic heterocycles. The largest absolute Gasteiger partial charge is 0.344 e. The van der Waals surface area contributed by atoms with Crippen molar-refractivity contribution >= 4 is 5.91 Å². The van der Waals surface area contributed by atoms with Gasteiger partial charge in [-0.25, -0.2) is 4.39 Å². The molecular formula is C24H22FN5O. The first kappa shape index (κ1) is 19.4. The van der Waals surface area contributed by atoms with E-state index in [1.165, 1.54) is 18.9 Å². The van der Waals surface area contributed by atoms with Crippen LogP contribution in [0.5, 0.6) is 0 Å². The average Bonchev–Trinajstić information content (AvgIpc) is 3.57. The van der Waals surface area contributed by atoms with Crippen LogP contribution in [0.4, 0.5) is 4.39 Å². The summed E-state index contributed by atoms with van der Waals surface area (Å²) in [6, 6.07) is 11.5. The maximum absolute atomic E-state index is 13.8. The minimum Gasteiger partial charge on any atom is -0.344 e. The molecule has 0 bridgehead atoms. The number of fused-ring (bicyclic) bond motifs is 1. The molecule has 7 heteroatoms. The molecule has 1 amide bonds. The molecule has 1 fully saturated rings. The van der Waals surface area contributed by atoms with E-state index in [1.807, 2.05) is 29.1 Å². The summed E-state index contributed by atoms with van der Waals surface area (Å²) in [6.45, 7) is 0.792. The highest BCUT2D eigenvalue weighted by atomic mass is 19.1. The van der Waals surface area contributed by atoms with Crippen LogP contribution < -0.4 is 5.32 Å². The number of aryl methyl sites for hydroxylation is 1. The van der Waals surface area contributed by atoms with Crippen LogP contribution in [0.25, 0.3) is 11.3 Å². The van der Waals surface area contributed by atoms with Gasteiger partial charge < -0.3 is 5.32 Å². The molecule has 3 aromatic rings. The number of nitrogens with zero attached hydrogens (tertiary/aromatic N) is 4. The third-order valence-corrected chi connectivity index (χ3v) is 5.95. The van der Waals surface area contributed by atoms with Gasteiger partial charge in [-0.15, -0.1) is 0 Å². The fourth-order valence-corrected chi connectivity index (χ4v) is 4.17. The zero-order valence-electron chi connectivity index (χ0n) is 17.0. The molecule has 6 nitrogen and oxygen atoms in total. The lowest BCUT2D eigenvalue weighted by atomic mass is 10.0. The minimum atomic E-state index is -0.596. The second-order valence-electron chi connectivity index (χ2n) is 8.28. The van der Waals surface area contributed by atoms with E-state index in [4.69, 9.17) is 10.4 Å². The number of benzene rings is 1. The quantitative estimate of drug-likeness (QED) is 0.681. The first-order chi connectivity index (χ1) is 15.1. The number of rotatable bonds is 4. The maximum Gasteiger partial charge on any atom is 0.251 e. The Balaban J connectivity index is 1.43. The van der Waals surface area contributed by atoms with Gasteiger partial charge in [-0.2, -0.15) is 10.4 Å².